The Morgan fingerprint density at radius 2 is 1.73 bits per heavy atom. The Balaban J connectivity index is 1.71. The first-order valence-corrected chi connectivity index (χ1v) is 10.0. The number of hydrogen-bond acceptors (Lipinski definition) is 3. The van der Waals surface area contributed by atoms with Gasteiger partial charge in [0.05, 0.1) is 4.90 Å². The van der Waals surface area contributed by atoms with Crippen molar-refractivity contribution in [1.29, 1.82) is 0 Å². The second-order valence-electron chi connectivity index (χ2n) is 6.54. The second-order valence-corrected chi connectivity index (χ2v) is 8.25. The van der Waals surface area contributed by atoms with Crippen LogP contribution in [0.5, 0.6) is 0 Å². The van der Waals surface area contributed by atoms with Gasteiger partial charge < -0.3 is 5.32 Å². The maximum atomic E-state index is 13.3. The number of aryl methyl sites for hydroxylation is 1. The number of hydrogen-bond donors (Lipinski definition) is 2. The highest BCUT2D eigenvalue weighted by Crippen LogP contribution is 2.21. The van der Waals surface area contributed by atoms with E-state index in [2.05, 4.69) is 10.0 Å². The minimum atomic E-state index is -3.57. The van der Waals surface area contributed by atoms with Crippen LogP contribution in [0.1, 0.15) is 41.6 Å². The van der Waals surface area contributed by atoms with Crippen LogP contribution in [0.3, 0.4) is 0 Å². The number of nitrogens with one attached hydrogen (secondary N) is 2. The van der Waals surface area contributed by atoms with Crippen LogP contribution in [0.25, 0.3) is 0 Å². The van der Waals surface area contributed by atoms with Crippen molar-refractivity contribution in [2.75, 3.05) is 5.32 Å². The first-order valence-electron chi connectivity index (χ1n) is 8.55. The monoisotopic (exact) mass is 376 g/mol. The number of sulfonamides is 1. The van der Waals surface area contributed by atoms with E-state index >= 15 is 0 Å². The highest BCUT2D eigenvalue weighted by atomic mass is 32.2. The maximum absolute atomic E-state index is 13.3. The normalized spacial score (nSPS) is 15.2. The summed E-state index contributed by atoms with van der Waals surface area (Å²) in [5.41, 5.74) is 1.34. The molecule has 3 rings (SSSR count). The second kappa shape index (κ2) is 7.55. The number of amides is 1. The molecule has 2 aromatic rings. The van der Waals surface area contributed by atoms with Crippen LogP contribution < -0.4 is 10.0 Å². The Hall–Kier alpha value is -2.25. The fraction of sp³-hybridized carbons (Fsp3) is 0.316. The number of carbonyl (C=O) groups excluding carboxylic acids is 1. The molecule has 0 unspecified atom stereocenters. The van der Waals surface area contributed by atoms with Crippen molar-refractivity contribution in [2.24, 2.45) is 0 Å². The molecule has 0 bridgehead atoms. The van der Waals surface area contributed by atoms with Crippen molar-refractivity contribution in [1.82, 2.24) is 4.72 Å². The van der Waals surface area contributed by atoms with E-state index in [0.717, 1.165) is 25.7 Å². The van der Waals surface area contributed by atoms with E-state index in [1.54, 1.807) is 6.92 Å². The molecule has 1 amide bonds. The molecular weight excluding hydrogens is 355 g/mol. The van der Waals surface area contributed by atoms with Crippen molar-refractivity contribution in [3.8, 4) is 0 Å². The summed E-state index contributed by atoms with van der Waals surface area (Å²) in [6, 6.07) is 9.95. The number of rotatable bonds is 5. The van der Waals surface area contributed by atoms with E-state index in [4.69, 9.17) is 0 Å². The molecule has 2 N–H and O–H groups in total. The minimum absolute atomic E-state index is 0.00432. The van der Waals surface area contributed by atoms with Crippen molar-refractivity contribution >= 4 is 21.6 Å². The van der Waals surface area contributed by atoms with Gasteiger partial charge in [-0.1, -0.05) is 18.9 Å². The van der Waals surface area contributed by atoms with Gasteiger partial charge in [0, 0.05) is 17.3 Å². The van der Waals surface area contributed by atoms with Gasteiger partial charge in [-0.05, 0) is 61.7 Å². The lowest BCUT2D eigenvalue weighted by atomic mass is 10.1. The summed E-state index contributed by atoms with van der Waals surface area (Å²) >= 11 is 0. The van der Waals surface area contributed by atoms with Gasteiger partial charge in [0.25, 0.3) is 5.91 Å². The third kappa shape index (κ3) is 4.28. The molecule has 0 heterocycles. The van der Waals surface area contributed by atoms with Crippen molar-refractivity contribution in [3.63, 3.8) is 0 Å². The van der Waals surface area contributed by atoms with Crippen LogP contribution in [0.4, 0.5) is 10.1 Å². The number of anilines is 1. The first-order chi connectivity index (χ1) is 12.3. The molecule has 0 spiro atoms. The highest BCUT2D eigenvalue weighted by Gasteiger charge is 2.22. The summed E-state index contributed by atoms with van der Waals surface area (Å²) in [5.74, 6) is -0.929. The van der Waals surface area contributed by atoms with Gasteiger partial charge >= 0.3 is 0 Å². The summed E-state index contributed by atoms with van der Waals surface area (Å²) in [6.07, 6.45) is 3.80. The lowest BCUT2D eigenvalue weighted by molar-refractivity contribution is 0.102. The van der Waals surface area contributed by atoms with E-state index in [1.165, 1.54) is 42.5 Å². The molecule has 138 valence electrons. The van der Waals surface area contributed by atoms with Crippen molar-refractivity contribution < 1.29 is 17.6 Å². The molecule has 1 saturated carbocycles. The van der Waals surface area contributed by atoms with Gasteiger partial charge in [-0.2, -0.15) is 0 Å². The molecule has 2 aromatic carbocycles. The smallest absolute Gasteiger partial charge is 0.256 e. The standard InChI is InChI=1S/C19H21FN2O3S/c1-13-6-7-14(20)12-18(13)19(23)21-15-8-10-17(11-9-15)26(24,25)22-16-4-2-3-5-16/h6-12,16,22H,2-5H2,1H3,(H,21,23). The molecule has 5 nitrogen and oxygen atoms in total. The summed E-state index contributed by atoms with van der Waals surface area (Å²) < 4.78 is 40.8. The number of halogens is 1. The quantitative estimate of drug-likeness (QED) is 0.837. The molecule has 0 saturated heterocycles. The Morgan fingerprint density at radius 3 is 2.38 bits per heavy atom. The van der Waals surface area contributed by atoms with Gasteiger partial charge in [-0.15, -0.1) is 0 Å². The Kier molecular flexibility index (Phi) is 5.38. The molecule has 0 aliphatic heterocycles. The zero-order chi connectivity index (χ0) is 18.7. The Morgan fingerprint density at radius 1 is 1.08 bits per heavy atom. The Bertz CT molecular complexity index is 905. The zero-order valence-corrected chi connectivity index (χ0v) is 15.3. The van der Waals surface area contributed by atoms with E-state index in [9.17, 15) is 17.6 Å². The molecule has 7 heteroatoms. The maximum Gasteiger partial charge on any atom is 0.256 e. The fourth-order valence-corrected chi connectivity index (χ4v) is 4.39. The predicted octanol–water partition coefficient (Wildman–Crippen LogP) is 3.61. The van der Waals surface area contributed by atoms with E-state index in [0.29, 0.717) is 11.3 Å². The number of carbonyl (C=O) groups is 1. The average Bonchev–Trinajstić information content (AvgIpc) is 3.09. The van der Waals surface area contributed by atoms with Crippen LogP contribution >= 0.6 is 0 Å². The zero-order valence-electron chi connectivity index (χ0n) is 14.5. The van der Waals surface area contributed by atoms with Crippen LogP contribution in [-0.4, -0.2) is 20.4 Å². The third-order valence-electron chi connectivity index (χ3n) is 4.54. The molecule has 1 aliphatic rings. The van der Waals surface area contributed by atoms with Crippen molar-refractivity contribution in [2.45, 2.75) is 43.5 Å². The summed E-state index contributed by atoms with van der Waals surface area (Å²) in [7, 11) is -3.57. The SMILES string of the molecule is Cc1ccc(F)cc1C(=O)Nc1ccc(S(=O)(=O)NC2CCCC2)cc1. The van der Waals surface area contributed by atoms with Crippen molar-refractivity contribution in [3.05, 3.63) is 59.4 Å². The highest BCUT2D eigenvalue weighted by molar-refractivity contribution is 7.89. The van der Waals surface area contributed by atoms with Gasteiger partial charge in [0.15, 0.2) is 0 Å². The molecule has 0 aromatic heterocycles. The van der Waals surface area contributed by atoms with Gasteiger partial charge in [-0.3, -0.25) is 4.79 Å². The van der Waals surface area contributed by atoms with E-state index < -0.39 is 21.7 Å². The fourth-order valence-electron chi connectivity index (χ4n) is 3.09. The lowest BCUT2D eigenvalue weighted by Crippen LogP contribution is -2.32. The molecule has 0 atom stereocenters. The summed E-state index contributed by atoms with van der Waals surface area (Å²) in [4.78, 5) is 12.4. The largest absolute Gasteiger partial charge is 0.322 e. The number of benzene rings is 2. The molecular formula is C19H21FN2O3S. The van der Waals surface area contributed by atoms with Crippen LogP contribution in [-0.2, 0) is 10.0 Å². The van der Waals surface area contributed by atoms with Crippen LogP contribution in [0.2, 0.25) is 0 Å². The minimum Gasteiger partial charge on any atom is -0.322 e. The molecule has 1 fully saturated rings. The van der Waals surface area contributed by atoms with Gasteiger partial charge in [0.1, 0.15) is 5.82 Å². The lowest BCUT2D eigenvalue weighted by Gasteiger charge is -2.13. The van der Waals surface area contributed by atoms with E-state index in [1.807, 2.05) is 0 Å². The van der Waals surface area contributed by atoms with Gasteiger partial charge in [0.2, 0.25) is 10.0 Å². The van der Waals surface area contributed by atoms with Crippen LogP contribution in [0.15, 0.2) is 47.4 Å². The first kappa shape index (κ1) is 18.5. The van der Waals surface area contributed by atoms with E-state index in [-0.39, 0.29) is 16.5 Å². The Labute approximate surface area is 152 Å². The summed E-state index contributed by atoms with van der Waals surface area (Å²) in [6.45, 7) is 1.72. The molecule has 26 heavy (non-hydrogen) atoms. The molecule has 1 aliphatic carbocycles. The summed E-state index contributed by atoms with van der Waals surface area (Å²) in [5, 5.41) is 2.66. The predicted molar refractivity (Wildman–Crippen MR) is 98.1 cm³/mol. The molecule has 0 radical (unpaired) electrons. The average molecular weight is 376 g/mol. The van der Waals surface area contributed by atoms with Crippen LogP contribution in [0, 0.1) is 12.7 Å². The topological polar surface area (TPSA) is 75.3 Å². The third-order valence-corrected chi connectivity index (χ3v) is 6.08. The van der Waals surface area contributed by atoms with Gasteiger partial charge in [-0.25, -0.2) is 17.5 Å².